The molecule has 1 aromatic carbocycles. The molecule has 1 aliphatic rings. The molecule has 174 valence electrons. The largest absolute Gasteiger partial charge is 0.514 e. The summed E-state index contributed by atoms with van der Waals surface area (Å²) in [5, 5.41) is -1.68. The van der Waals surface area contributed by atoms with E-state index in [0.29, 0.717) is 5.56 Å². The van der Waals surface area contributed by atoms with Crippen molar-refractivity contribution in [3.63, 3.8) is 0 Å². The van der Waals surface area contributed by atoms with Gasteiger partial charge in [-0.05, 0) is 50.1 Å². The van der Waals surface area contributed by atoms with Crippen LogP contribution in [0.15, 0.2) is 42.7 Å². The second-order valence-electron chi connectivity index (χ2n) is 7.15. The normalized spacial score (nSPS) is 27.7. The van der Waals surface area contributed by atoms with Gasteiger partial charge >= 0.3 is 21.3 Å². The molecule has 1 saturated heterocycles. The number of ether oxygens (including phenoxy) is 3. The average molecular weight is 487 g/mol. The maximum Gasteiger partial charge on any atom is 0.514 e. The summed E-state index contributed by atoms with van der Waals surface area (Å²) >= 11 is 0. The van der Waals surface area contributed by atoms with Gasteiger partial charge in [-0.15, -0.1) is 0 Å². The first kappa shape index (κ1) is 24.4. The van der Waals surface area contributed by atoms with E-state index >= 15 is 0 Å². The summed E-state index contributed by atoms with van der Waals surface area (Å²) in [6.45, 7) is 3.31. The van der Waals surface area contributed by atoms with E-state index in [9.17, 15) is 23.7 Å². The van der Waals surface area contributed by atoms with Crippen LogP contribution in [0, 0.1) is 0 Å². The fourth-order valence-electron chi connectivity index (χ4n) is 2.92. The van der Waals surface area contributed by atoms with Crippen LogP contribution in [0.3, 0.4) is 0 Å². The molecule has 3 rings (SSSR count). The average Bonchev–Trinajstić information content (AvgIpc) is 2.70. The predicted molar refractivity (Wildman–Crippen MR) is 112 cm³/mol. The Balaban J connectivity index is 1.82. The van der Waals surface area contributed by atoms with Crippen molar-refractivity contribution >= 4 is 21.3 Å². The second kappa shape index (κ2) is 9.70. The molecular weight excluding hydrogens is 464 g/mol. The van der Waals surface area contributed by atoms with Crippen molar-refractivity contribution in [2.24, 2.45) is 0 Å². The number of nitrogens with zero attached hydrogens (tertiary/aromatic N) is 1. The van der Waals surface area contributed by atoms with E-state index in [1.807, 2.05) is 0 Å². The van der Waals surface area contributed by atoms with E-state index in [0.717, 1.165) is 0 Å². The molecule has 1 aromatic heterocycles. The predicted octanol–water partition coefficient (Wildman–Crippen LogP) is 4.00. The van der Waals surface area contributed by atoms with Gasteiger partial charge in [-0.25, -0.2) is 4.79 Å². The third kappa shape index (κ3) is 5.75. The maximum absolute atomic E-state index is 12.8. The molecule has 2 atom stereocenters. The topological polar surface area (TPSA) is 151 Å². The summed E-state index contributed by atoms with van der Waals surface area (Å²) < 4.78 is 51.2. The molecule has 2 heterocycles. The van der Waals surface area contributed by atoms with Crippen LogP contribution in [-0.2, 0) is 29.3 Å². The molecular formula is C19H23NO10P2. The Bertz CT molecular complexity index is 1040. The fourth-order valence-corrected chi connectivity index (χ4v) is 6.83. The number of benzene rings is 1. The first-order chi connectivity index (χ1) is 15.0. The van der Waals surface area contributed by atoms with Crippen molar-refractivity contribution in [3.05, 3.63) is 53.9 Å². The summed E-state index contributed by atoms with van der Waals surface area (Å²) in [6, 6.07) is 7.15. The highest BCUT2D eigenvalue weighted by molar-refractivity contribution is 7.72. The van der Waals surface area contributed by atoms with Gasteiger partial charge in [0.1, 0.15) is 0 Å². The van der Waals surface area contributed by atoms with Crippen LogP contribution in [-0.4, -0.2) is 39.5 Å². The van der Waals surface area contributed by atoms with E-state index in [1.165, 1.54) is 37.7 Å². The molecule has 1 fully saturated rings. The quantitative estimate of drug-likeness (QED) is 0.346. The van der Waals surface area contributed by atoms with Gasteiger partial charge in [-0.3, -0.25) is 23.2 Å². The van der Waals surface area contributed by atoms with Crippen LogP contribution in [0.5, 0.6) is 11.5 Å². The van der Waals surface area contributed by atoms with E-state index < -0.39 is 39.1 Å². The lowest BCUT2D eigenvalue weighted by molar-refractivity contribution is -0.0253. The van der Waals surface area contributed by atoms with Gasteiger partial charge in [0.25, 0.3) is 0 Å². The van der Waals surface area contributed by atoms with Gasteiger partial charge in [0.2, 0.25) is 6.29 Å². The summed E-state index contributed by atoms with van der Waals surface area (Å²) in [5.74, 6) is 0.0555. The number of hydrogen-bond acceptors (Lipinski definition) is 9. The van der Waals surface area contributed by atoms with Crippen LogP contribution < -0.4 is 9.47 Å². The minimum Gasteiger partial charge on any atom is -0.493 e. The summed E-state index contributed by atoms with van der Waals surface area (Å²) in [4.78, 5) is 36.5. The zero-order valence-electron chi connectivity index (χ0n) is 17.5. The molecule has 0 aliphatic carbocycles. The highest BCUT2D eigenvalue weighted by Crippen LogP contribution is 2.73. The molecule has 0 amide bonds. The van der Waals surface area contributed by atoms with Crippen molar-refractivity contribution in [1.82, 2.24) is 4.98 Å². The van der Waals surface area contributed by atoms with E-state index in [-0.39, 0.29) is 23.5 Å². The minimum atomic E-state index is -4.59. The zero-order chi connectivity index (χ0) is 23.5. The SMILES string of the molecule is COc1cc(C2OP(=O)(O)C(Cc3cccnc3)P(=O)(O)O2)ccc1OC(=O)OC(C)C. The first-order valence-electron chi connectivity index (χ1n) is 9.49. The molecule has 2 unspecified atom stereocenters. The smallest absolute Gasteiger partial charge is 0.493 e. The Morgan fingerprint density at radius 1 is 1.16 bits per heavy atom. The maximum atomic E-state index is 12.8. The van der Waals surface area contributed by atoms with Crippen molar-refractivity contribution < 1.29 is 47.0 Å². The molecule has 13 heteroatoms. The lowest BCUT2D eigenvalue weighted by Crippen LogP contribution is -2.24. The summed E-state index contributed by atoms with van der Waals surface area (Å²) in [6.07, 6.45) is -0.287. The van der Waals surface area contributed by atoms with Crippen LogP contribution in [0.25, 0.3) is 0 Å². The molecule has 11 nitrogen and oxygen atoms in total. The summed E-state index contributed by atoms with van der Waals surface area (Å²) in [5.41, 5.74) is 0.581. The van der Waals surface area contributed by atoms with Crippen molar-refractivity contribution in [2.45, 2.75) is 38.1 Å². The number of methoxy groups -OCH3 is 1. The molecule has 0 bridgehead atoms. The molecule has 2 aromatic rings. The third-order valence-electron chi connectivity index (χ3n) is 4.37. The van der Waals surface area contributed by atoms with Crippen LogP contribution >= 0.6 is 15.2 Å². The van der Waals surface area contributed by atoms with Gasteiger partial charge in [-0.2, -0.15) is 0 Å². The Hall–Kier alpha value is -2.26. The number of carbonyl (C=O) groups excluding carboxylic acids is 1. The lowest BCUT2D eigenvalue weighted by atomic mass is 10.2. The number of carbonyl (C=O) groups is 1. The minimum absolute atomic E-state index is 0.00604. The first-order valence-corrected chi connectivity index (χ1v) is 12.8. The molecule has 32 heavy (non-hydrogen) atoms. The molecule has 0 saturated carbocycles. The number of rotatable bonds is 6. The highest BCUT2D eigenvalue weighted by atomic mass is 31.2. The molecule has 1 aliphatic heterocycles. The summed E-state index contributed by atoms with van der Waals surface area (Å²) in [7, 11) is -7.88. The Morgan fingerprint density at radius 2 is 1.84 bits per heavy atom. The van der Waals surface area contributed by atoms with Gasteiger partial charge in [0.15, 0.2) is 16.9 Å². The van der Waals surface area contributed by atoms with Crippen molar-refractivity contribution in [3.8, 4) is 11.5 Å². The van der Waals surface area contributed by atoms with Crippen LogP contribution in [0.1, 0.15) is 31.3 Å². The van der Waals surface area contributed by atoms with Crippen molar-refractivity contribution in [2.75, 3.05) is 7.11 Å². The van der Waals surface area contributed by atoms with Crippen LogP contribution in [0.4, 0.5) is 4.79 Å². The number of pyridine rings is 1. The van der Waals surface area contributed by atoms with Crippen molar-refractivity contribution in [1.29, 1.82) is 0 Å². The number of aromatic nitrogens is 1. The lowest BCUT2D eigenvalue weighted by Gasteiger charge is -2.35. The van der Waals surface area contributed by atoms with E-state index in [2.05, 4.69) is 4.98 Å². The van der Waals surface area contributed by atoms with E-state index in [1.54, 1.807) is 26.0 Å². The van der Waals surface area contributed by atoms with Crippen LogP contribution in [0.2, 0.25) is 0 Å². The van der Waals surface area contributed by atoms with Gasteiger partial charge in [-0.1, -0.05) is 6.07 Å². The Morgan fingerprint density at radius 3 is 2.41 bits per heavy atom. The second-order valence-corrected chi connectivity index (χ2v) is 11.5. The fraction of sp³-hybridized carbons (Fsp3) is 0.368. The molecule has 0 radical (unpaired) electrons. The standard InChI is InChI=1S/C19H23NO10P2/c1-12(2)27-19(21)28-15-7-6-14(10-16(15)26-3)18-29-31(22,23)17(32(24,25)30-18)9-13-5-4-8-20-11-13/h4-8,10-12,17-18H,9H2,1-3H3,(H,22,23)(H,24,25). The zero-order valence-corrected chi connectivity index (χ0v) is 19.3. The Labute approximate surface area is 184 Å². The van der Waals surface area contributed by atoms with Gasteiger partial charge in [0.05, 0.1) is 13.2 Å². The number of hydrogen-bond donors (Lipinski definition) is 2. The molecule has 2 N–H and O–H groups in total. The third-order valence-corrected chi connectivity index (χ3v) is 8.98. The van der Waals surface area contributed by atoms with Gasteiger partial charge < -0.3 is 24.0 Å². The highest BCUT2D eigenvalue weighted by Gasteiger charge is 2.54. The van der Waals surface area contributed by atoms with E-state index in [4.69, 9.17) is 23.3 Å². The van der Waals surface area contributed by atoms with Gasteiger partial charge in [0, 0.05) is 18.0 Å². The monoisotopic (exact) mass is 487 g/mol. The molecule has 0 spiro atoms. The Kier molecular flexibility index (Phi) is 7.39.